The van der Waals surface area contributed by atoms with Crippen LogP contribution < -0.4 is 20.1 Å². The van der Waals surface area contributed by atoms with Gasteiger partial charge in [0.05, 0.1) is 13.7 Å². The smallest absolute Gasteiger partial charge is 0.195 e. The predicted octanol–water partition coefficient (Wildman–Crippen LogP) is 1.08. The Bertz CT molecular complexity index is 599. The zero-order valence-electron chi connectivity index (χ0n) is 15.4. The van der Waals surface area contributed by atoms with Crippen molar-refractivity contribution in [3.05, 3.63) is 18.2 Å². The van der Waals surface area contributed by atoms with Crippen LogP contribution in [0.25, 0.3) is 0 Å². The van der Waals surface area contributed by atoms with Gasteiger partial charge in [0.25, 0.3) is 0 Å². The molecule has 0 aliphatic carbocycles. The molecule has 0 radical (unpaired) electrons. The molecule has 3 saturated heterocycles. The molecule has 0 amide bonds. The molecule has 0 saturated carbocycles. The number of nitrogens with one attached hydrogen (secondary N) is 2. The van der Waals surface area contributed by atoms with Crippen LogP contribution >= 0.6 is 0 Å². The summed E-state index contributed by atoms with van der Waals surface area (Å²) >= 11 is 0. The molecular formula is C18H29N5O2. The van der Waals surface area contributed by atoms with E-state index in [0.29, 0.717) is 12.6 Å². The number of piperazine rings is 3. The van der Waals surface area contributed by atoms with Gasteiger partial charge in [0, 0.05) is 64.1 Å². The van der Waals surface area contributed by atoms with Crippen LogP contribution in [-0.2, 0) is 0 Å². The monoisotopic (exact) mass is 347 g/mol. The van der Waals surface area contributed by atoms with Crippen LogP contribution in [0.15, 0.2) is 23.2 Å². The van der Waals surface area contributed by atoms with Crippen molar-refractivity contribution in [1.29, 1.82) is 0 Å². The molecule has 1 aromatic carbocycles. The molecule has 3 aliphatic rings. The Morgan fingerprint density at radius 3 is 2.64 bits per heavy atom. The van der Waals surface area contributed by atoms with Gasteiger partial charge in [-0.1, -0.05) is 0 Å². The van der Waals surface area contributed by atoms with Crippen LogP contribution in [0, 0.1) is 0 Å². The third-order valence-electron chi connectivity index (χ3n) is 4.85. The van der Waals surface area contributed by atoms with Crippen molar-refractivity contribution in [3.63, 3.8) is 0 Å². The van der Waals surface area contributed by atoms with E-state index in [1.807, 2.05) is 25.1 Å². The Kier molecular flexibility index (Phi) is 5.99. The SMILES string of the molecule is CCOc1cc(NC(=NC)NCC2CN3CCN2CC3)ccc1OC. The highest BCUT2D eigenvalue weighted by Gasteiger charge is 2.31. The summed E-state index contributed by atoms with van der Waals surface area (Å²) < 4.78 is 11.0. The average molecular weight is 347 g/mol. The van der Waals surface area contributed by atoms with Crippen LogP contribution in [0.3, 0.4) is 0 Å². The third-order valence-corrected chi connectivity index (χ3v) is 4.85. The van der Waals surface area contributed by atoms with Crippen LogP contribution in [0.2, 0.25) is 0 Å². The molecule has 1 unspecified atom stereocenters. The molecule has 7 heteroatoms. The van der Waals surface area contributed by atoms with E-state index in [4.69, 9.17) is 9.47 Å². The number of aliphatic imine (C=N–C) groups is 1. The first-order chi connectivity index (χ1) is 12.2. The van der Waals surface area contributed by atoms with Crippen molar-refractivity contribution in [2.45, 2.75) is 13.0 Å². The Labute approximate surface area is 150 Å². The molecule has 1 atom stereocenters. The number of benzene rings is 1. The minimum atomic E-state index is 0.552. The van der Waals surface area contributed by atoms with E-state index in [0.717, 1.165) is 36.2 Å². The zero-order chi connectivity index (χ0) is 17.6. The Balaban J connectivity index is 1.58. The summed E-state index contributed by atoms with van der Waals surface area (Å²) in [5.41, 5.74) is 0.923. The number of anilines is 1. The first kappa shape index (κ1) is 17.8. The van der Waals surface area contributed by atoms with Gasteiger partial charge in [0.15, 0.2) is 17.5 Å². The first-order valence-corrected chi connectivity index (χ1v) is 8.98. The summed E-state index contributed by atoms with van der Waals surface area (Å²) in [5, 5.41) is 6.78. The maximum absolute atomic E-state index is 5.63. The Morgan fingerprint density at radius 1 is 1.24 bits per heavy atom. The van der Waals surface area contributed by atoms with Crippen molar-refractivity contribution in [3.8, 4) is 11.5 Å². The van der Waals surface area contributed by atoms with Gasteiger partial charge in [-0.2, -0.15) is 0 Å². The summed E-state index contributed by atoms with van der Waals surface area (Å²) in [6, 6.07) is 6.36. The molecule has 138 valence electrons. The van der Waals surface area contributed by atoms with Crippen molar-refractivity contribution in [2.75, 3.05) is 65.3 Å². The van der Waals surface area contributed by atoms with Gasteiger partial charge in [-0.25, -0.2) is 0 Å². The van der Waals surface area contributed by atoms with E-state index in [2.05, 4.69) is 25.4 Å². The van der Waals surface area contributed by atoms with Gasteiger partial charge in [-0.15, -0.1) is 0 Å². The minimum Gasteiger partial charge on any atom is -0.493 e. The molecule has 3 aliphatic heterocycles. The van der Waals surface area contributed by atoms with Crippen LogP contribution in [0.5, 0.6) is 11.5 Å². The largest absolute Gasteiger partial charge is 0.493 e. The molecule has 1 aromatic rings. The van der Waals surface area contributed by atoms with E-state index in [1.54, 1.807) is 14.2 Å². The highest BCUT2D eigenvalue weighted by Crippen LogP contribution is 2.30. The standard InChI is InChI=1S/C18H29N5O2/c1-4-25-17-11-14(5-6-16(17)24-3)21-18(19-2)20-12-15-13-22-7-9-23(15)10-8-22/h5-6,11,15H,4,7-10,12-13H2,1-3H3,(H2,19,20,21). The highest BCUT2D eigenvalue weighted by molar-refractivity contribution is 5.93. The lowest BCUT2D eigenvalue weighted by Gasteiger charge is -2.47. The van der Waals surface area contributed by atoms with Crippen molar-refractivity contribution in [2.24, 2.45) is 4.99 Å². The maximum atomic E-state index is 5.63. The second-order valence-corrected chi connectivity index (χ2v) is 6.37. The molecule has 3 fully saturated rings. The molecule has 0 spiro atoms. The van der Waals surface area contributed by atoms with E-state index >= 15 is 0 Å². The van der Waals surface area contributed by atoms with Crippen molar-refractivity contribution in [1.82, 2.24) is 15.1 Å². The van der Waals surface area contributed by atoms with Crippen molar-refractivity contribution < 1.29 is 9.47 Å². The van der Waals surface area contributed by atoms with E-state index in [-0.39, 0.29) is 0 Å². The summed E-state index contributed by atoms with van der Waals surface area (Å²) in [4.78, 5) is 9.45. The van der Waals surface area contributed by atoms with Crippen LogP contribution in [0.1, 0.15) is 6.92 Å². The quantitative estimate of drug-likeness (QED) is 0.593. The summed E-state index contributed by atoms with van der Waals surface area (Å²) in [6.07, 6.45) is 0. The molecule has 4 rings (SSSR count). The molecule has 3 heterocycles. The van der Waals surface area contributed by atoms with Gasteiger partial charge in [-0.3, -0.25) is 14.8 Å². The lowest BCUT2D eigenvalue weighted by atomic mass is 10.1. The topological polar surface area (TPSA) is 61.4 Å². The molecule has 2 bridgehead atoms. The molecule has 7 nitrogen and oxygen atoms in total. The highest BCUT2D eigenvalue weighted by atomic mass is 16.5. The van der Waals surface area contributed by atoms with Gasteiger partial charge < -0.3 is 20.1 Å². The second-order valence-electron chi connectivity index (χ2n) is 6.37. The van der Waals surface area contributed by atoms with Gasteiger partial charge in [0.1, 0.15) is 0 Å². The molecule has 25 heavy (non-hydrogen) atoms. The number of guanidine groups is 1. The average Bonchev–Trinajstić information content (AvgIpc) is 2.66. The van der Waals surface area contributed by atoms with Gasteiger partial charge in [-0.05, 0) is 19.1 Å². The lowest BCUT2D eigenvalue weighted by molar-refractivity contribution is 0.0155. The van der Waals surface area contributed by atoms with E-state index in [1.165, 1.54) is 26.2 Å². The number of nitrogens with zero attached hydrogens (tertiary/aromatic N) is 3. The summed E-state index contributed by atoms with van der Waals surface area (Å²) in [7, 11) is 3.44. The summed E-state index contributed by atoms with van der Waals surface area (Å²) in [5.74, 6) is 2.23. The van der Waals surface area contributed by atoms with Crippen LogP contribution in [-0.4, -0.2) is 81.8 Å². The van der Waals surface area contributed by atoms with Crippen LogP contribution in [0.4, 0.5) is 5.69 Å². The van der Waals surface area contributed by atoms with Crippen molar-refractivity contribution >= 4 is 11.6 Å². The normalized spacial score (nSPS) is 25.6. The Morgan fingerprint density at radius 2 is 2.04 bits per heavy atom. The maximum Gasteiger partial charge on any atom is 0.195 e. The first-order valence-electron chi connectivity index (χ1n) is 8.98. The molecular weight excluding hydrogens is 318 g/mol. The number of fused-ring (bicyclic) bond motifs is 3. The van der Waals surface area contributed by atoms with Gasteiger partial charge >= 0.3 is 0 Å². The third kappa shape index (κ3) is 4.35. The summed E-state index contributed by atoms with van der Waals surface area (Å²) in [6.45, 7) is 9.35. The Hall–Kier alpha value is -1.99. The fourth-order valence-corrected chi connectivity index (χ4v) is 3.47. The number of ether oxygens (including phenoxy) is 2. The van der Waals surface area contributed by atoms with E-state index in [9.17, 15) is 0 Å². The molecule has 2 N–H and O–H groups in total. The molecule has 0 aromatic heterocycles. The predicted molar refractivity (Wildman–Crippen MR) is 101 cm³/mol. The number of hydrogen-bond acceptors (Lipinski definition) is 5. The fraction of sp³-hybridized carbons (Fsp3) is 0.611. The zero-order valence-corrected chi connectivity index (χ0v) is 15.4. The lowest BCUT2D eigenvalue weighted by Crippen LogP contribution is -2.63. The number of hydrogen-bond donors (Lipinski definition) is 2. The fourth-order valence-electron chi connectivity index (χ4n) is 3.47. The van der Waals surface area contributed by atoms with E-state index < -0.39 is 0 Å². The number of methoxy groups -OCH3 is 1. The van der Waals surface area contributed by atoms with Gasteiger partial charge in [0.2, 0.25) is 0 Å². The minimum absolute atomic E-state index is 0.552. The number of rotatable bonds is 6. The second kappa shape index (κ2) is 8.40.